The highest BCUT2D eigenvalue weighted by Gasteiger charge is 2.33. The normalized spacial score (nSPS) is 16.4. The van der Waals surface area contributed by atoms with E-state index in [-0.39, 0.29) is 16.6 Å². The smallest absolute Gasteiger partial charge is 0.359 e. The summed E-state index contributed by atoms with van der Waals surface area (Å²) < 4.78 is 4.82. The zero-order valence-electron chi connectivity index (χ0n) is 6.08. The number of aromatic nitrogens is 1. The van der Waals surface area contributed by atoms with Crippen LogP contribution in [0.3, 0.4) is 0 Å². The van der Waals surface area contributed by atoms with Gasteiger partial charge in [-0.2, -0.15) is 0 Å². The van der Waals surface area contributed by atoms with Crippen molar-refractivity contribution < 1.29 is 14.4 Å². The largest absolute Gasteiger partial charge is 0.476 e. The molecule has 0 saturated heterocycles. The Kier molecular flexibility index (Phi) is 1.58. The van der Waals surface area contributed by atoms with Gasteiger partial charge in [-0.1, -0.05) is 16.8 Å². The van der Waals surface area contributed by atoms with Crippen molar-refractivity contribution in [3.63, 3.8) is 0 Å². The molecule has 0 unspecified atom stereocenters. The van der Waals surface area contributed by atoms with E-state index in [1.165, 1.54) is 0 Å². The van der Waals surface area contributed by atoms with E-state index in [9.17, 15) is 4.79 Å². The maximum Gasteiger partial charge on any atom is 0.359 e. The van der Waals surface area contributed by atoms with Crippen molar-refractivity contribution in [1.29, 1.82) is 0 Å². The Bertz CT molecular complexity index is 329. The fourth-order valence-corrected chi connectivity index (χ4v) is 1.33. The van der Waals surface area contributed by atoms with E-state index in [1.807, 2.05) is 0 Å². The van der Waals surface area contributed by atoms with E-state index < -0.39 is 5.97 Å². The van der Waals surface area contributed by atoms with Crippen molar-refractivity contribution in [1.82, 2.24) is 5.16 Å². The number of rotatable bonds is 2. The fourth-order valence-electron chi connectivity index (χ4n) is 1.02. The minimum atomic E-state index is -1.14. The van der Waals surface area contributed by atoms with Crippen molar-refractivity contribution >= 4 is 17.6 Å². The Morgan fingerprint density at radius 3 is 2.75 bits per heavy atom. The lowest BCUT2D eigenvalue weighted by molar-refractivity contribution is 0.0686. The Hall–Kier alpha value is -1.03. The van der Waals surface area contributed by atoms with Gasteiger partial charge in [0.15, 0.2) is 5.76 Å². The van der Waals surface area contributed by atoms with Gasteiger partial charge in [0.05, 0.1) is 0 Å². The second kappa shape index (κ2) is 2.48. The molecule has 0 atom stereocenters. The Labute approximate surface area is 73.1 Å². The van der Waals surface area contributed by atoms with Crippen LogP contribution in [0, 0.1) is 0 Å². The first-order chi connectivity index (χ1) is 5.70. The van der Waals surface area contributed by atoms with Gasteiger partial charge in [-0.25, -0.2) is 4.79 Å². The van der Waals surface area contributed by atoms with Gasteiger partial charge in [0.25, 0.3) is 0 Å². The van der Waals surface area contributed by atoms with Gasteiger partial charge in [-0.15, -0.1) is 0 Å². The second-order valence-corrected chi connectivity index (χ2v) is 3.17. The molecule has 1 N–H and O–H groups in total. The van der Waals surface area contributed by atoms with Gasteiger partial charge in [0, 0.05) is 5.92 Å². The average Bonchev–Trinajstić information content (AvgIpc) is 2.75. The number of aromatic carboxylic acids is 1. The predicted octanol–water partition coefficient (Wildman–Crippen LogP) is 1.90. The topological polar surface area (TPSA) is 63.3 Å². The van der Waals surface area contributed by atoms with E-state index in [2.05, 4.69) is 5.16 Å². The number of carbonyl (C=O) groups is 1. The first-order valence-corrected chi connectivity index (χ1v) is 3.96. The van der Waals surface area contributed by atoms with Gasteiger partial charge in [0.1, 0.15) is 5.02 Å². The molecule has 0 aromatic carbocycles. The van der Waals surface area contributed by atoms with Gasteiger partial charge in [-0.3, -0.25) is 0 Å². The van der Waals surface area contributed by atoms with Crippen LogP contribution in [0.2, 0.25) is 5.02 Å². The number of hydrogen-bond acceptors (Lipinski definition) is 3. The summed E-state index contributed by atoms with van der Waals surface area (Å²) in [6.07, 6.45) is 2.02. The number of carboxylic acid groups (broad SMARTS) is 1. The minimum absolute atomic E-state index is 0.157. The van der Waals surface area contributed by atoms with Gasteiger partial charge < -0.3 is 9.63 Å². The highest BCUT2D eigenvalue weighted by Crippen LogP contribution is 2.44. The number of hydrogen-bond donors (Lipinski definition) is 1. The van der Waals surface area contributed by atoms with E-state index in [1.54, 1.807) is 0 Å². The summed E-state index contributed by atoms with van der Waals surface area (Å²) in [5.41, 5.74) is -0.182. The highest BCUT2D eigenvalue weighted by molar-refractivity contribution is 6.33. The fraction of sp³-hybridized carbons (Fsp3) is 0.429. The van der Waals surface area contributed by atoms with E-state index >= 15 is 0 Å². The third-order valence-corrected chi connectivity index (χ3v) is 2.18. The van der Waals surface area contributed by atoms with Crippen LogP contribution in [0.25, 0.3) is 0 Å². The van der Waals surface area contributed by atoms with Crippen molar-refractivity contribution in [3.8, 4) is 0 Å². The molecule has 1 heterocycles. The lowest BCUT2D eigenvalue weighted by Gasteiger charge is -1.87. The molecule has 4 nitrogen and oxygen atoms in total. The molecule has 0 radical (unpaired) electrons. The summed E-state index contributed by atoms with van der Waals surface area (Å²) in [5, 5.41) is 12.1. The zero-order valence-corrected chi connectivity index (χ0v) is 6.84. The van der Waals surface area contributed by atoms with Crippen molar-refractivity contribution in [2.24, 2.45) is 0 Å². The molecule has 0 aliphatic heterocycles. The van der Waals surface area contributed by atoms with Gasteiger partial charge >= 0.3 is 5.97 Å². The van der Waals surface area contributed by atoms with Gasteiger partial charge in [-0.05, 0) is 12.8 Å². The first-order valence-electron chi connectivity index (χ1n) is 3.58. The van der Waals surface area contributed by atoms with E-state index in [4.69, 9.17) is 21.2 Å². The van der Waals surface area contributed by atoms with Crippen LogP contribution >= 0.6 is 11.6 Å². The summed E-state index contributed by atoms with van der Waals surface area (Å²) in [7, 11) is 0. The Morgan fingerprint density at radius 2 is 2.33 bits per heavy atom. The summed E-state index contributed by atoms with van der Waals surface area (Å²) in [6.45, 7) is 0. The molecule has 1 aliphatic carbocycles. The maximum atomic E-state index is 10.5. The Morgan fingerprint density at radius 1 is 1.67 bits per heavy atom. The second-order valence-electron chi connectivity index (χ2n) is 2.79. The molecule has 12 heavy (non-hydrogen) atoms. The van der Waals surface area contributed by atoms with Crippen LogP contribution in [0.5, 0.6) is 0 Å². The lowest BCUT2D eigenvalue weighted by Crippen LogP contribution is -1.96. The molecule has 1 aromatic rings. The third kappa shape index (κ3) is 1.08. The highest BCUT2D eigenvalue weighted by atomic mass is 35.5. The van der Waals surface area contributed by atoms with Crippen LogP contribution < -0.4 is 0 Å². The molecular weight excluding hydrogens is 182 g/mol. The van der Waals surface area contributed by atoms with Crippen LogP contribution in [0.15, 0.2) is 4.52 Å². The van der Waals surface area contributed by atoms with Crippen molar-refractivity contribution in [2.75, 3.05) is 0 Å². The molecule has 0 amide bonds. The molecule has 1 aliphatic rings. The lowest BCUT2D eigenvalue weighted by atomic mass is 10.3. The predicted molar refractivity (Wildman–Crippen MR) is 40.4 cm³/mol. The molecular formula is C7H6ClNO3. The monoisotopic (exact) mass is 187 g/mol. The molecule has 0 spiro atoms. The first kappa shape index (κ1) is 7.61. The minimum Gasteiger partial charge on any atom is -0.476 e. The Balaban J connectivity index is 2.39. The molecule has 2 rings (SSSR count). The number of nitrogens with zero attached hydrogens (tertiary/aromatic N) is 1. The zero-order chi connectivity index (χ0) is 8.72. The number of halogens is 1. The van der Waals surface area contributed by atoms with E-state index in [0.29, 0.717) is 5.76 Å². The number of carboxylic acids is 1. The third-order valence-electron chi connectivity index (χ3n) is 1.81. The van der Waals surface area contributed by atoms with Crippen LogP contribution in [0.4, 0.5) is 0 Å². The van der Waals surface area contributed by atoms with E-state index in [0.717, 1.165) is 12.8 Å². The van der Waals surface area contributed by atoms with Crippen LogP contribution in [-0.4, -0.2) is 16.2 Å². The van der Waals surface area contributed by atoms with Gasteiger partial charge in [0.2, 0.25) is 5.69 Å². The molecule has 0 bridgehead atoms. The molecule has 64 valence electrons. The summed E-state index contributed by atoms with van der Waals surface area (Å²) in [4.78, 5) is 10.5. The summed E-state index contributed by atoms with van der Waals surface area (Å²) in [5.74, 6) is -0.331. The van der Waals surface area contributed by atoms with Crippen LogP contribution in [-0.2, 0) is 0 Å². The SMILES string of the molecule is O=C(O)c1noc(C2CC2)c1Cl. The summed E-state index contributed by atoms with van der Waals surface area (Å²) >= 11 is 5.72. The molecule has 1 saturated carbocycles. The summed E-state index contributed by atoms with van der Waals surface area (Å²) in [6, 6.07) is 0. The molecule has 1 fully saturated rings. The van der Waals surface area contributed by atoms with Crippen molar-refractivity contribution in [2.45, 2.75) is 18.8 Å². The standard InChI is InChI=1S/C7H6ClNO3/c8-4-5(7(10)11)9-12-6(4)3-1-2-3/h3H,1-2H2,(H,10,11). The average molecular weight is 188 g/mol. The molecule has 1 aromatic heterocycles. The van der Waals surface area contributed by atoms with Crippen LogP contribution in [0.1, 0.15) is 35.0 Å². The van der Waals surface area contributed by atoms with Crippen molar-refractivity contribution in [3.05, 3.63) is 16.5 Å². The maximum absolute atomic E-state index is 10.5. The molecule has 5 heteroatoms. The quantitative estimate of drug-likeness (QED) is 0.768.